The molecule has 1 aromatic rings. The van der Waals surface area contributed by atoms with Gasteiger partial charge in [-0.1, -0.05) is 0 Å². The van der Waals surface area contributed by atoms with Gasteiger partial charge in [0.2, 0.25) is 0 Å². The van der Waals surface area contributed by atoms with Crippen LogP contribution < -0.4 is 5.46 Å². The first-order valence-electron chi connectivity index (χ1n) is 2.30. The van der Waals surface area contributed by atoms with Gasteiger partial charge in [0, 0.05) is 0 Å². The van der Waals surface area contributed by atoms with Crippen molar-refractivity contribution in [3.8, 4) is 0 Å². The number of rotatable bonds is 0. The molecule has 0 fully saturated rings. The second-order valence-electron chi connectivity index (χ2n) is 1.55. The topological polar surface area (TPSA) is 60.0 Å². The van der Waals surface area contributed by atoms with Gasteiger partial charge in [0.15, 0.2) is 0 Å². The first kappa shape index (κ1) is 11.9. The van der Waals surface area contributed by atoms with Crippen LogP contribution in [0.5, 0.6) is 0 Å². The molecule has 0 spiro atoms. The quantitative estimate of drug-likeness (QED) is 0.485. The third-order valence-electron chi connectivity index (χ3n) is 0.870. The van der Waals surface area contributed by atoms with Crippen LogP contribution in [-0.2, 0) is 0 Å². The van der Waals surface area contributed by atoms with E-state index in [4.69, 9.17) is 7.85 Å². The molecule has 0 saturated carbocycles. The summed E-state index contributed by atoms with van der Waals surface area (Å²) in [6.45, 7) is 0. The zero-order valence-electron chi connectivity index (χ0n) is 5.16. The number of hydrogen-bond donors (Lipinski definition) is 0. The summed E-state index contributed by atoms with van der Waals surface area (Å²) in [6, 6.07) is 5.70. The number of hydrogen-bond acceptors (Lipinski definition) is 2. The molecule has 0 bridgehead atoms. The van der Waals surface area contributed by atoms with E-state index in [-0.39, 0.29) is 16.8 Å². The molecule has 0 saturated heterocycles. The molecule has 0 aliphatic carbocycles. The third kappa shape index (κ3) is 3.22. The van der Waals surface area contributed by atoms with E-state index in [1.165, 1.54) is 24.3 Å². The molecule has 10 heavy (non-hydrogen) atoms. The van der Waals surface area contributed by atoms with Crippen LogP contribution in [0.2, 0.25) is 0 Å². The third-order valence-corrected chi connectivity index (χ3v) is 0.870. The summed E-state index contributed by atoms with van der Waals surface area (Å²) in [4.78, 5) is 0. The molecule has 0 heterocycles. The predicted octanol–water partition coefficient (Wildman–Crippen LogP) is 0.266. The average Bonchev–Trinajstić information content (AvgIpc) is 1.77. The van der Waals surface area contributed by atoms with Crippen molar-refractivity contribution in [1.29, 1.82) is 0 Å². The Bertz CT molecular complexity index is 155. The van der Waals surface area contributed by atoms with Gasteiger partial charge in [0.1, 0.15) is 0 Å². The van der Waals surface area contributed by atoms with Crippen LogP contribution in [0.25, 0.3) is 0 Å². The second-order valence-corrected chi connectivity index (χ2v) is 1.55. The average molecular weight is 140 g/mol. The largest absolute Gasteiger partial charge is 0.870 e. The van der Waals surface area contributed by atoms with Gasteiger partial charge in [-0.2, -0.15) is 0 Å². The molecule has 0 aliphatic heterocycles. The van der Waals surface area contributed by atoms with E-state index in [1.807, 2.05) is 0 Å². The normalized spacial score (nSPS) is 7.50. The maximum atomic E-state index is 12.0. The Morgan fingerprint density at radius 3 is 1.70 bits per heavy atom. The minimum absolute atomic E-state index is 0. The van der Waals surface area contributed by atoms with E-state index >= 15 is 0 Å². The van der Waals surface area contributed by atoms with Crippen LogP contribution in [0.3, 0.4) is 0 Å². The van der Waals surface area contributed by atoms with Crippen LogP contribution in [0.15, 0.2) is 24.3 Å². The van der Waals surface area contributed by atoms with E-state index in [1.54, 1.807) is 0 Å². The van der Waals surface area contributed by atoms with Crippen molar-refractivity contribution in [1.82, 2.24) is 0 Å². The molecule has 1 aromatic carbocycles. The van der Waals surface area contributed by atoms with Crippen molar-refractivity contribution < 1.29 is 15.3 Å². The fourth-order valence-corrected chi connectivity index (χ4v) is 0.463. The van der Waals surface area contributed by atoms with Crippen molar-refractivity contribution >= 4 is 13.3 Å². The molecule has 1 rings (SSSR count). The monoisotopic (exact) mass is 140 g/mol. The summed E-state index contributed by atoms with van der Waals surface area (Å²) >= 11 is 0. The van der Waals surface area contributed by atoms with E-state index in [2.05, 4.69) is 0 Å². The summed E-state index contributed by atoms with van der Waals surface area (Å²) in [6.07, 6.45) is 0. The van der Waals surface area contributed by atoms with Crippen molar-refractivity contribution in [3.05, 3.63) is 30.1 Å². The van der Waals surface area contributed by atoms with Crippen LogP contribution in [0.4, 0.5) is 4.39 Å². The van der Waals surface area contributed by atoms with Gasteiger partial charge >= 0.3 is 47.8 Å². The van der Waals surface area contributed by atoms with E-state index in [0.717, 1.165) is 0 Å². The predicted molar refractivity (Wildman–Crippen MR) is 35.7 cm³/mol. The maximum absolute atomic E-state index is 12.0. The Kier molecular flexibility index (Phi) is 5.89. The Hall–Kier alpha value is -0.865. The fourth-order valence-electron chi connectivity index (χ4n) is 0.463. The minimum Gasteiger partial charge on any atom is -0.870 e. The number of halogens is 1. The Morgan fingerprint density at radius 2 is 1.40 bits per heavy atom. The summed E-state index contributed by atoms with van der Waals surface area (Å²) < 4.78 is 12.0. The summed E-state index contributed by atoms with van der Waals surface area (Å²) in [5.41, 5.74) is 0.589. The Labute approximate surface area is 59.7 Å². The second kappa shape index (κ2) is 4.96. The molecule has 4 heteroatoms. The smallest absolute Gasteiger partial charge is 0.870 e. The van der Waals surface area contributed by atoms with E-state index in [9.17, 15) is 4.39 Å². The van der Waals surface area contributed by atoms with Gasteiger partial charge in [-0.3, -0.25) is 0 Å². The first-order valence-corrected chi connectivity index (χ1v) is 2.30. The van der Waals surface area contributed by atoms with Gasteiger partial charge in [0.25, 0.3) is 0 Å². The zero-order valence-corrected chi connectivity index (χ0v) is 5.16. The standard InChI is InChI=1S/C6H4BF.2H2O/c7-5-1-3-6(8)4-2-5;;/h1-4H;2*1H2/q+2;;/p-2. The Balaban J connectivity index is 0. The fraction of sp³-hybridized carbons (Fsp3) is 0. The van der Waals surface area contributed by atoms with Crippen LogP contribution in [0, 0.1) is 5.82 Å². The first-order chi connectivity index (χ1) is 3.79. The summed E-state index contributed by atoms with van der Waals surface area (Å²) in [5.74, 6) is -0.251. The van der Waals surface area contributed by atoms with Gasteiger partial charge in [-0.05, 0) is 0 Å². The molecule has 0 atom stereocenters. The van der Waals surface area contributed by atoms with Gasteiger partial charge in [0.05, 0.1) is 0 Å². The van der Waals surface area contributed by atoms with Crippen molar-refractivity contribution in [3.63, 3.8) is 0 Å². The molecule has 0 aliphatic rings. The van der Waals surface area contributed by atoms with Crippen molar-refractivity contribution in [2.24, 2.45) is 0 Å². The van der Waals surface area contributed by atoms with Gasteiger partial charge in [-0.25, -0.2) is 0 Å². The molecule has 0 radical (unpaired) electrons. The van der Waals surface area contributed by atoms with Gasteiger partial charge in [-0.15, -0.1) is 0 Å². The molecular formula is C6H6BFO2. The zero-order chi connectivity index (χ0) is 5.98. The molecule has 2 N–H and O–H groups in total. The minimum atomic E-state index is -0.251. The van der Waals surface area contributed by atoms with Crippen LogP contribution in [-0.4, -0.2) is 18.8 Å². The molecule has 0 unspecified atom stereocenters. The summed E-state index contributed by atoms with van der Waals surface area (Å²) in [5, 5.41) is 0. The van der Waals surface area contributed by atoms with E-state index < -0.39 is 0 Å². The SMILES string of the molecule is [B+2]c1ccc(F)cc1.[OH-].[OH-]. The maximum Gasteiger partial charge on any atom is -0.870 e. The number of benzene rings is 1. The summed E-state index contributed by atoms with van der Waals surface area (Å²) in [7, 11) is 5.26. The van der Waals surface area contributed by atoms with E-state index in [0.29, 0.717) is 5.46 Å². The molecule has 0 amide bonds. The van der Waals surface area contributed by atoms with Crippen LogP contribution in [0.1, 0.15) is 0 Å². The van der Waals surface area contributed by atoms with Crippen molar-refractivity contribution in [2.45, 2.75) is 0 Å². The Morgan fingerprint density at radius 1 is 1.00 bits per heavy atom. The molecule has 0 aromatic heterocycles. The molecule has 52 valence electrons. The van der Waals surface area contributed by atoms with Crippen LogP contribution >= 0.6 is 0 Å². The molecule has 2 nitrogen and oxygen atoms in total. The van der Waals surface area contributed by atoms with Gasteiger partial charge < -0.3 is 11.0 Å². The van der Waals surface area contributed by atoms with Crippen molar-refractivity contribution in [2.75, 3.05) is 0 Å². The molecular weight excluding hydrogens is 134 g/mol.